The number of hydrogen-bond donors (Lipinski definition) is 0. The van der Waals surface area contributed by atoms with Crippen LogP contribution in [0, 0.1) is 0 Å². The molecule has 7 heteroatoms. The van der Waals surface area contributed by atoms with Gasteiger partial charge in [0, 0.05) is 6.20 Å². The Morgan fingerprint density at radius 2 is 2.33 bits per heavy atom. The van der Waals surface area contributed by atoms with Crippen LogP contribution in [-0.2, 0) is 6.00 Å². The van der Waals surface area contributed by atoms with Gasteiger partial charge < -0.3 is 0 Å². The zero-order valence-corrected chi connectivity index (χ0v) is 8.76. The third kappa shape index (κ3) is 3.39. The molecule has 0 saturated heterocycles. The van der Waals surface area contributed by atoms with Gasteiger partial charge in [-0.05, 0) is 11.8 Å². The minimum absolute atomic E-state index is 0.213. The fourth-order valence-electron chi connectivity index (χ4n) is 0.596. The van der Waals surface area contributed by atoms with E-state index in [0.29, 0.717) is 16.7 Å². The Morgan fingerprint density at radius 3 is 2.75 bits per heavy atom. The predicted molar refractivity (Wildman–Crippen MR) is 49.5 cm³/mol. The molecule has 0 unspecified atom stereocenters. The van der Waals surface area contributed by atoms with E-state index in [2.05, 4.69) is 5.10 Å². The smallest absolute Gasteiger partial charge is 0.257 e. The van der Waals surface area contributed by atoms with E-state index < -0.39 is 3.92 Å². The van der Waals surface area contributed by atoms with Crippen LogP contribution in [0.1, 0.15) is 0 Å². The molecule has 2 nitrogen and oxygen atoms in total. The van der Waals surface area contributed by atoms with Crippen LogP contribution in [0.3, 0.4) is 0 Å². The molecule has 0 radical (unpaired) electrons. The standard InChI is InChI=1S/C5H4Cl3FN2S/c6-3-11-2-4(1-10-11)12-5(7,8)9/h1-2H,3H2. The normalized spacial score (nSPS) is 12.0. The van der Waals surface area contributed by atoms with Crippen molar-refractivity contribution in [3.8, 4) is 0 Å². The average Bonchev–Trinajstić information content (AvgIpc) is 2.32. The van der Waals surface area contributed by atoms with Gasteiger partial charge in [-0.25, -0.2) is 0 Å². The molecular formula is C5H4Cl3FN2S. The van der Waals surface area contributed by atoms with Gasteiger partial charge >= 0.3 is 3.92 Å². The molecule has 12 heavy (non-hydrogen) atoms. The van der Waals surface area contributed by atoms with Gasteiger partial charge in [-0.3, -0.25) is 4.68 Å². The minimum atomic E-state index is -2.32. The number of nitrogens with zero attached hydrogens (tertiary/aromatic N) is 2. The second-order valence-electron chi connectivity index (χ2n) is 1.88. The summed E-state index contributed by atoms with van der Waals surface area (Å²) in [6.07, 6.45) is 2.99. The van der Waals surface area contributed by atoms with Crippen molar-refractivity contribution in [1.82, 2.24) is 9.78 Å². The molecule has 1 aromatic rings. The van der Waals surface area contributed by atoms with E-state index in [1.807, 2.05) is 0 Å². The SMILES string of the molecule is FC(Cl)(Cl)Sc1cnn(CCl)c1. The largest absolute Gasteiger partial charge is 0.309 e. The van der Waals surface area contributed by atoms with E-state index in [9.17, 15) is 4.39 Å². The Morgan fingerprint density at radius 1 is 1.67 bits per heavy atom. The summed E-state index contributed by atoms with van der Waals surface area (Å²) in [7, 11) is 0. The monoisotopic (exact) mass is 248 g/mol. The van der Waals surface area contributed by atoms with Crippen molar-refractivity contribution in [3.05, 3.63) is 12.4 Å². The first-order valence-electron chi connectivity index (χ1n) is 2.85. The summed E-state index contributed by atoms with van der Waals surface area (Å²) >= 11 is 16.3. The lowest BCUT2D eigenvalue weighted by molar-refractivity contribution is 0.516. The van der Waals surface area contributed by atoms with Crippen LogP contribution < -0.4 is 0 Å². The third-order valence-corrected chi connectivity index (χ3v) is 2.35. The summed E-state index contributed by atoms with van der Waals surface area (Å²) in [6.45, 7) is 0. The number of halogens is 4. The summed E-state index contributed by atoms with van der Waals surface area (Å²) in [5.41, 5.74) is 0. The molecule has 68 valence electrons. The van der Waals surface area contributed by atoms with Crippen LogP contribution in [0.15, 0.2) is 17.3 Å². The van der Waals surface area contributed by atoms with E-state index in [0.717, 1.165) is 0 Å². The predicted octanol–water partition coefficient (Wildman–Crippen LogP) is 3.23. The van der Waals surface area contributed by atoms with Crippen molar-refractivity contribution in [3.63, 3.8) is 0 Å². The molecule has 0 saturated carbocycles. The Kier molecular flexibility index (Phi) is 3.52. The Hall–Kier alpha value is 0.360. The molecular weight excluding hydrogens is 245 g/mol. The summed E-state index contributed by atoms with van der Waals surface area (Å²) < 4.78 is 11.7. The Bertz CT molecular complexity index is 259. The first-order chi connectivity index (χ1) is 5.51. The Balaban J connectivity index is 2.64. The van der Waals surface area contributed by atoms with Gasteiger partial charge in [0.25, 0.3) is 0 Å². The van der Waals surface area contributed by atoms with Gasteiger partial charge in [0.05, 0.1) is 11.1 Å². The topological polar surface area (TPSA) is 17.8 Å². The van der Waals surface area contributed by atoms with E-state index in [1.165, 1.54) is 10.9 Å². The zero-order chi connectivity index (χ0) is 9.19. The van der Waals surface area contributed by atoms with E-state index in [4.69, 9.17) is 34.8 Å². The quantitative estimate of drug-likeness (QED) is 0.605. The van der Waals surface area contributed by atoms with Crippen molar-refractivity contribution < 1.29 is 4.39 Å². The molecule has 1 heterocycles. The summed E-state index contributed by atoms with van der Waals surface area (Å²) in [5, 5.41) is 3.80. The van der Waals surface area contributed by atoms with Crippen LogP contribution in [-0.4, -0.2) is 13.7 Å². The number of aromatic nitrogens is 2. The molecule has 0 bridgehead atoms. The van der Waals surface area contributed by atoms with Crippen LogP contribution in [0.25, 0.3) is 0 Å². The number of rotatable bonds is 3. The number of alkyl halides is 4. The fourth-order valence-corrected chi connectivity index (χ4v) is 1.80. The van der Waals surface area contributed by atoms with Crippen LogP contribution in [0.2, 0.25) is 0 Å². The van der Waals surface area contributed by atoms with Gasteiger partial charge in [0.1, 0.15) is 6.00 Å². The highest BCUT2D eigenvalue weighted by Gasteiger charge is 2.24. The number of hydrogen-bond acceptors (Lipinski definition) is 2. The summed E-state index contributed by atoms with van der Waals surface area (Å²) in [6, 6.07) is 0.213. The van der Waals surface area contributed by atoms with Gasteiger partial charge in [0.2, 0.25) is 0 Å². The highest BCUT2D eigenvalue weighted by molar-refractivity contribution is 8.03. The minimum Gasteiger partial charge on any atom is -0.257 e. The van der Waals surface area contributed by atoms with Crippen LogP contribution in [0.5, 0.6) is 0 Å². The molecule has 0 aliphatic rings. The molecule has 1 aromatic heterocycles. The molecule has 0 spiro atoms. The fraction of sp³-hybridized carbons (Fsp3) is 0.400. The lowest BCUT2D eigenvalue weighted by atomic mass is 10.7. The maximum atomic E-state index is 12.6. The molecule has 0 aliphatic carbocycles. The first kappa shape index (κ1) is 10.4. The Labute approximate surface area is 88.0 Å². The van der Waals surface area contributed by atoms with Gasteiger partial charge in [-0.1, -0.05) is 23.2 Å². The second kappa shape index (κ2) is 4.05. The molecule has 0 aliphatic heterocycles. The maximum Gasteiger partial charge on any atom is 0.309 e. The van der Waals surface area contributed by atoms with Crippen molar-refractivity contribution in [1.29, 1.82) is 0 Å². The lowest BCUT2D eigenvalue weighted by Gasteiger charge is -2.04. The average molecular weight is 250 g/mol. The van der Waals surface area contributed by atoms with Gasteiger partial charge in [-0.2, -0.15) is 9.49 Å². The van der Waals surface area contributed by atoms with Crippen LogP contribution in [0.4, 0.5) is 4.39 Å². The van der Waals surface area contributed by atoms with Crippen molar-refractivity contribution in [2.45, 2.75) is 14.8 Å². The van der Waals surface area contributed by atoms with E-state index in [1.54, 1.807) is 6.20 Å². The molecule has 1 rings (SSSR count). The molecule has 0 atom stereocenters. The molecule has 0 aromatic carbocycles. The second-order valence-corrected chi connectivity index (χ2v) is 5.04. The highest BCUT2D eigenvalue weighted by Crippen LogP contribution is 2.40. The van der Waals surface area contributed by atoms with Crippen molar-refractivity contribution in [2.75, 3.05) is 0 Å². The maximum absolute atomic E-state index is 12.6. The molecule has 0 amide bonds. The molecule has 0 fully saturated rings. The van der Waals surface area contributed by atoms with Crippen molar-refractivity contribution in [2.24, 2.45) is 0 Å². The van der Waals surface area contributed by atoms with Crippen molar-refractivity contribution >= 4 is 46.6 Å². The molecule has 0 N–H and O–H groups in total. The van der Waals surface area contributed by atoms with E-state index in [-0.39, 0.29) is 6.00 Å². The zero-order valence-electron chi connectivity index (χ0n) is 5.68. The lowest BCUT2D eigenvalue weighted by Crippen LogP contribution is -1.94. The van der Waals surface area contributed by atoms with Gasteiger partial charge in [-0.15, -0.1) is 11.6 Å². The first-order valence-corrected chi connectivity index (χ1v) is 4.96. The van der Waals surface area contributed by atoms with Crippen LogP contribution >= 0.6 is 46.6 Å². The summed E-state index contributed by atoms with van der Waals surface area (Å²) in [5.74, 6) is 0. The third-order valence-electron chi connectivity index (χ3n) is 0.966. The van der Waals surface area contributed by atoms with E-state index >= 15 is 0 Å². The van der Waals surface area contributed by atoms with Gasteiger partial charge in [0.15, 0.2) is 0 Å². The highest BCUT2D eigenvalue weighted by atomic mass is 35.5. The summed E-state index contributed by atoms with van der Waals surface area (Å²) in [4.78, 5) is 0.531. The number of thioether (sulfide) groups is 1.